The lowest BCUT2D eigenvalue weighted by atomic mass is 10.0. The minimum atomic E-state index is -3.64. The van der Waals surface area contributed by atoms with Gasteiger partial charge in [0.05, 0.1) is 4.90 Å². The van der Waals surface area contributed by atoms with Crippen LogP contribution in [0.5, 0.6) is 0 Å². The van der Waals surface area contributed by atoms with E-state index in [4.69, 9.17) is 0 Å². The SMILES string of the molecule is CC(C)[C@H](N=C1NS(=O)(=O)c2ccccc21)C(=O)NCc1ccc(CN2CCCCCC2)cc1. The molecule has 2 aromatic carbocycles. The van der Waals surface area contributed by atoms with Crippen molar-refractivity contribution in [3.63, 3.8) is 0 Å². The van der Waals surface area contributed by atoms with Crippen LogP contribution in [0.25, 0.3) is 0 Å². The Bertz CT molecular complexity index is 1130. The Morgan fingerprint density at radius 3 is 2.32 bits per heavy atom. The highest BCUT2D eigenvalue weighted by molar-refractivity contribution is 7.90. The standard InChI is InChI=1S/C26H34N4O3S/c1-19(2)24(28-25-22-9-5-6-10-23(22)34(32,33)29-25)26(31)27-17-20-11-13-21(14-12-20)18-30-15-7-3-4-8-16-30/h5-6,9-14,19,24H,3-4,7-8,15-18H2,1-2H3,(H,27,31)(H,28,29)/t24-/m0/s1. The normalized spacial score (nSPS) is 19.9. The van der Waals surface area contributed by atoms with Gasteiger partial charge in [0.25, 0.3) is 10.0 Å². The number of carbonyl (C=O) groups is 1. The van der Waals surface area contributed by atoms with Crippen molar-refractivity contribution in [1.82, 2.24) is 14.9 Å². The second-order valence-corrected chi connectivity index (χ2v) is 11.1. The van der Waals surface area contributed by atoms with E-state index < -0.39 is 16.1 Å². The van der Waals surface area contributed by atoms with Gasteiger partial charge in [-0.1, -0.05) is 63.1 Å². The van der Waals surface area contributed by atoms with Gasteiger partial charge in [-0.2, -0.15) is 0 Å². The third-order valence-corrected chi connectivity index (χ3v) is 7.82. The van der Waals surface area contributed by atoms with Crippen LogP contribution in [0.2, 0.25) is 0 Å². The summed E-state index contributed by atoms with van der Waals surface area (Å²) >= 11 is 0. The Morgan fingerprint density at radius 1 is 1.00 bits per heavy atom. The van der Waals surface area contributed by atoms with Crippen LogP contribution in [0.3, 0.4) is 0 Å². The molecule has 0 saturated carbocycles. The smallest absolute Gasteiger partial charge is 0.263 e. The van der Waals surface area contributed by atoms with Gasteiger partial charge in [-0.15, -0.1) is 0 Å². The monoisotopic (exact) mass is 482 g/mol. The first-order valence-electron chi connectivity index (χ1n) is 12.1. The van der Waals surface area contributed by atoms with Crippen molar-refractivity contribution >= 4 is 21.8 Å². The van der Waals surface area contributed by atoms with Crippen molar-refractivity contribution in [3.8, 4) is 0 Å². The molecule has 2 N–H and O–H groups in total. The molecule has 0 aromatic heterocycles. The molecule has 1 saturated heterocycles. The summed E-state index contributed by atoms with van der Waals surface area (Å²) in [4.78, 5) is 20.2. The lowest BCUT2D eigenvalue weighted by Crippen LogP contribution is -2.38. The Kier molecular flexibility index (Phi) is 7.68. The quantitative estimate of drug-likeness (QED) is 0.633. The van der Waals surface area contributed by atoms with E-state index in [0.29, 0.717) is 12.1 Å². The van der Waals surface area contributed by atoms with E-state index in [9.17, 15) is 13.2 Å². The van der Waals surface area contributed by atoms with Gasteiger partial charge in [-0.3, -0.25) is 19.4 Å². The zero-order chi connectivity index (χ0) is 24.1. The topological polar surface area (TPSA) is 90.9 Å². The van der Waals surface area contributed by atoms with Crippen LogP contribution in [0, 0.1) is 5.92 Å². The zero-order valence-corrected chi connectivity index (χ0v) is 20.8. The Labute approximate surface area is 202 Å². The Balaban J connectivity index is 1.39. The second kappa shape index (κ2) is 10.7. The molecule has 0 bridgehead atoms. The van der Waals surface area contributed by atoms with Gasteiger partial charge >= 0.3 is 0 Å². The van der Waals surface area contributed by atoms with Crippen LogP contribution in [-0.2, 0) is 27.9 Å². The van der Waals surface area contributed by atoms with Crippen LogP contribution in [0.15, 0.2) is 58.4 Å². The van der Waals surface area contributed by atoms with E-state index in [-0.39, 0.29) is 22.6 Å². The van der Waals surface area contributed by atoms with Crippen LogP contribution < -0.4 is 10.0 Å². The maximum atomic E-state index is 13.0. The van der Waals surface area contributed by atoms with Gasteiger partial charge in [-0.05, 0) is 55.1 Å². The average molecular weight is 483 g/mol. The number of amidine groups is 1. The molecule has 1 atom stereocenters. The number of benzene rings is 2. The van der Waals surface area contributed by atoms with Crippen LogP contribution in [0.1, 0.15) is 56.2 Å². The number of hydrogen-bond donors (Lipinski definition) is 2. The average Bonchev–Trinajstić information content (AvgIpc) is 2.96. The van der Waals surface area contributed by atoms with E-state index in [2.05, 4.69) is 44.2 Å². The first-order valence-corrected chi connectivity index (χ1v) is 13.6. The fourth-order valence-corrected chi connectivity index (χ4v) is 5.73. The molecule has 0 unspecified atom stereocenters. The number of rotatable bonds is 7. The molecule has 2 heterocycles. The molecule has 0 aliphatic carbocycles. The number of hydrogen-bond acceptors (Lipinski definition) is 5. The molecule has 1 fully saturated rings. The summed E-state index contributed by atoms with van der Waals surface area (Å²) in [6.45, 7) is 7.51. The van der Waals surface area contributed by atoms with Crippen LogP contribution in [-0.4, -0.2) is 44.2 Å². The summed E-state index contributed by atoms with van der Waals surface area (Å²) in [6, 6.07) is 14.4. The number of carbonyl (C=O) groups excluding carboxylic acids is 1. The van der Waals surface area contributed by atoms with E-state index in [1.54, 1.807) is 24.3 Å². The second-order valence-electron chi connectivity index (χ2n) is 9.49. The van der Waals surface area contributed by atoms with E-state index in [1.165, 1.54) is 31.2 Å². The van der Waals surface area contributed by atoms with Crippen molar-refractivity contribution in [1.29, 1.82) is 0 Å². The summed E-state index contributed by atoms with van der Waals surface area (Å²) in [5, 5.41) is 2.97. The highest BCUT2D eigenvalue weighted by Gasteiger charge is 2.32. The number of nitrogens with one attached hydrogen (secondary N) is 2. The summed E-state index contributed by atoms with van der Waals surface area (Å²) in [5.74, 6) is -0.0946. The van der Waals surface area contributed by atoms with Crippen molar-refractivity contribution in [3.05, 3.63) is 65.2 Å². The summed E-state index contributed by atoms with van der Waals surface area (Å²) in [6.07, 6.45) is 5.21. The maximum absolute atomic E-state index is 13.0. The van der Waals surface area contributed by atoms with Gasteiger partial charge in [0.2, 0.25) is 5.91 Å². The van der Waals surface area contributed by atoms with Crippen LogP contribution in [0.4, 0.5) is 0 Å². The highest BCUT2D eigenvalue weighted by Crippen LogP contribution is 2.23. The summed E-state index contributed by atoms with van der Waals surface area (Å²) in [5.41, 5.74) is 2.81. The van der Waals surface area contributed by atoms with E-state index in [0.717, 1.165) is 25.2 Å². The van der Waals surface area contributed by atoms with Gasteiger partial charge < -0.3 is 5.32 Å². The molecule has 8 heteroatoms. The molecule has 0 radical (unpaired) electrons. The minimum Gasteiger partial charge on any atom is -0.350 e. The lowest BCUT2D eigenvalue weighted by Gasteiger charge is -2.20. The minimum absolute atomic E-state index is 0.0965. The lowest BCUT2D eigenvalue weighted by molar-refractivity contribution is -0.123. The van der Waals surface area contributed by atoms with E-state index in [1.807, 2.05) is 13.8 Å². The first-order chi connectivity index (χ1) is 16.3. The molecule has 182 valence electrons. The number of sulfonamides is 1. The third kappa shape index (κ3) is 5.85. The molecule has 0 spiro atoms. The zero-order valence-electron chi connectivity index (χ0n) is 20.0. The molecule has 2 aliphatic heterocycles. The van der Waals surface area contributed by atoms with Crippen LogP contribution >= 0.6 is 0 Å². The highest BCUT2D eigenvalue weighted by atomic mass is 32.2. The molecule has 7 nitrogen and oxygen atoms in total. The van der Waals surface area contributed by atoms with Crippen molar-refractivity contribution in [2.45, 2.75) is 63.6 Å². The summed E-state index contributed by atoms with van der Waals surface area (Å²) < 4.78 is 27.2. The Morgan fingerprint density at radius 2 is 1.65 bits per heavy atom. The summed E-state index contributed by atoms with van der Waals surface area (Å²) in [7, 11) is -3.64. The predicted molar refractivity (Wildman–Crippen MR) is 134 cm³/mol. The Hall–Kier alpha value is -2.71. The molecule has 2 aromatic rings. The number of nitrogens with zero attached hydrogens (tertiary/aromatic N) is 2. The number of likely N-dealkylation sites (tertiary alicyclic amines) is 1. The third-order valence-electron chi connectivity index (χ3n) is 6.43. The fourth-order valence-electron chi connectivity index (χ4n) is 4.49. The number of amides is 1. The molecular weight excluding hydrogens is 448 g/mol. The molecular formula is C26H34N4O3S. The predicted octanol–water partition coefficient (Wildman–Crippen LogP) is 3.44. The first kappa shape index (κ1) is 24.4. The molecule has 4 rings (SSSR count). The van der Waals surface area contributed by atoms with Crippen molar-refractivity contribution < 1.29 is 13.2 Å². The van der Waals surface area contributed by atoms with Gasteiger partial charge in [-0.25, -0.2) is 8.42 Å². The molecule has 1 amide bonds. The van der Waals surface area contributed by atoms with Gasteiger partial charge in [0.15, 0.2) is 0 Å². The van der Waals surface area contributed by atoms with Gasteiger partial charge in [0, 0.05) is 18.7 Å². The fraction of sp³-hybridized carbons (Fsp3) is 0.462. The maximum Gasteiger partial charge on any atom is 0.263 e. The molecule has 2 aliphatic rings. The number of aliphatic imine (C=N–C) groups is 1. The van der Waals surface area contributed by atoms with Crippen molar-refractivity contribution in [2.75, 3.05) is 13.1 Å². The van der Waals surface area contributed by atoms with E-state index >= 15 is 0 Å². The molecule has 34 heavy (non-hydrogen) atoms. The number of fused-ring (bicyclic) bond motifs is 1. The van der Waals surface area contributed by atoms with Crippen molar-refractivity contribution in [2.24, 2.45) is 10.9 Å². The van der Waals surface area contributed by atoms with Gasteiger partial charge in [0.1, 0.15) is 11.9 Å². The largest absolute Gasteiger partial charge is 0.350 e.